The first-order valence-electron chi connectivity index (χ1n) is 4.51. The Morgan fingerprint density at radius 2 is 2.43 bits per heavy atom. The molecule has 2 rings (SSSR count). The van der Waals surface area contributed by atoms with E-state index in [4.69, 9.17) is 4.74 Å². The number of hydrogen-bond donors (Lipinski definition) is 1. The first-order valence-corrected chi connectivity index (χ1v) is 4.51. The van der Waals surface area contributed by atoms with Crippen LogP contribution in [-0.2, 0) is 0 Å². The lowest BCUT2D eigenvalue weighted by Crippen LogP contribution is -2.32. The number of halogens is 1. The molecule has 3 heteroatoms. The highest BCUT2D eigenvalue weighted by Gasteiger charge is 2.19. The minimum atomic E-state index is -0.278. The van der Waals surface area contributed by atoms with Gasteiger partial charge < -0.3 is 10.1 Å². The second-order valence-corrected chi connectivity index (χ2v) is 3.49. The number of anilines is 1. The summed E-state index contributed by atoms with van der Waals surface area (Å²) in [6.45, 7) is 6.30. The lowest BCUT2D eigenvalue weighted by molar-refractivity contribution is 0.296. The van der Waals surface area contributed by atoms with Crippen LogP contribution in [0.25, 0.3) is 0 Å². The van der Waals surface area contributed by atoms with Crippen LogP contribution in [0.15, 0.2) is 30.4 Å². The zero-order chi connectivity index (χ0) is 10.1. The van der Waals surface area contributed by atoms with E-state index in [0.717, 1.165) is 11.3 Å². The summed E-state index contributed by atoms with van der Waals surface area (Å²) >= 11 is 0. The number of rotatable bonds is 1. The molecule has 14 heavy (non-hydrogen) atoms. The molecule has 0 bridgehead atoms. The fourth-order valence-electron chi connectivity index (χ4n) is 1.40. The van der Waals surface area contributed by atoms with E-state index >= 15 is 0 Å². The van der Waals surface area contributed by atoms with E-state index in [-0.39, 0.29) is 11.9 Å². The van der Waals surface area contributed by atoms with Crippen LogP contribution in [0.4, 0.5) is 10.1 Å². The van der Waals surface area contributed by atoms with Crippen LogP contribution in [0, 0.1) is 5.82 Å². The Balaban J connectivity index is 2.27. The van der Waals surface area contributed by atoms with Crippen LogP contribution in [0.2, 0.25) is 0 Å². The Hall–Kier alpha value is -1.51. The molecule has 1 heterocycles. The Morgan fingerprint density at radius 1 is 1.64 bits per heavy atom. The maximum absolute atomic E-state index is 12.8. The molecular formula is C11H12FNO. The van der Waals surface area contributed by atoms with Gasteiger partial charge in [0.05, 0.1) is 11.7 Å². The normalized spacial score (nSPS) is 19.1. The van der Waals surface area contributed by atoms with E-state index < -0.39 is 0 Å². The molecule has 0 aromatic heterocycles. The molecule has 0 aliphatic carbocycles. The van der Waals surface area contributed by atoms with E-state index in [1.54, 1.807) is 6.07 Å². The number of nitrogens with one attached hydrogen (secondary N) is 1. The highest BCUT2D eigenvalue weighted by atomic mass is 19.1. The van der Waals surface area contributed by atoms with Crippen LogP contribution >= 0.6 is 0 Å². The van der Waals surface area contributed by atoms with Crippen LogP contribution in [0.3, 0.4) is 0 Å². The van der Waals surface area contributed by atoms with Gasteiger partial charge in [-0.15, -0.1) is 0 Å². The van der Waals surface area contributed by atoms with Crippen LogP contribution < -0.4 is 10.1 Å². The van der Waals surface area contributed by atoms with Crippen molar-refractivity contribution >= 4 is 5.69 Å². The standard InChI is InChI=1S/C11H12FNO/c1-7(2)10-6-14-11-5-8(12)3-4-9(11)13-10/h3-5,10,13H,1,6H2,2H3. The summed E-state index contributed by atoms with van der Waals surface area (Å²) in [4.78, 5) is 0. The molecule has 1 aromatic rings. The van der Waals surface area contributed by atoms with Crippen LogP contribution in [0.1, 0.15) is 6.92 Å². The van der Waals surface area contributed by atoms with E-state index in [0.29, 0.717) is 12.4 Å². The quantitative estimate of drug-likeness (QED) is 0.692. The number of fused-ring (bicyclic) bond motifs is 1. The van der Waals surface area contributed by atoms with Crippen molar-refractivity contribution in [1.29, 1.82) is 0 Å². The summed E-state index contributed by atoms with van der Waals surface area (Å²) < 4.78 is 18.2. The first-order chi connectivity index (χ1) is 6.66. The highest BCUT2D eigenvalue weighted by molar-refractivity contribution is 5.59. The summed E-state index contributed by atoms with van der Waals surface area (Å²) in [6, 6.07) is 4.60. The molecule has 0 amide bonds. The highest BCUT2D eigenvalue weighted by Crippen LogP contribution is 2.30. The predicted octanol–water partition coefficient (Wildman–Crippen LogP) is 2.57. The molecule has 0 spiro atoms. The van der Waals surface area contributed by atoms with Gasteiger partial charge in [0, 0.05) is 6.07 Å². The molecule has 0 saturated heterocycles. The molecule has 0 saturated carbocycles. The van der Waals surface area contributed by atoms with Crippen molar-refractivity contribution in [3.8, 4) is 5.75 Å². The number of benzene rings is 1. The second kappa shape index (κ2) is 3.33. The third-order valence-corrected chi connectivity index (χ3v) is 2.27. The van der Waals surface area contributed by atoms with Gasteiger partial charge in [-0.25, -0.2) is 4.39 Å². The van der Waals surface area contributed by atoms with Gasteiger partial charge >= 0.3 is 0 Å². The maximum atomic E-state index is 12.8. The summed E-state index contributed by atoms with van der Waals surface area (Å²) in [7, 11) is 0. The number of hydrogen-bond acceptors (Lipinski definition) is 2. The fraction of sp³-hybridized carbons (Fsp3) is 0.273. The van der Waals surface area contributed by atoms with Gasteiger partial charge in [-0.05, 0) is 19.1 Å². The Bertz CT molecular complexity index is 376. The van der Waals surface area contributed by atoms with Gasteiger partial charge in [-0.1, -0.05) is 12.2 Å². The molecule has 0 radical (unpaired) electrons. The van der Waals surface area contributed by atoms with Crippen molar-refractivity contribution in [1.82, 2.24) is 0 Å². The fourth-order valence-corrected chi connectivity index (χ4v) is 1.40. The van der Waals surface area contributed by atoms with Crippen molar-refractivity contribution in [3.63, 3.8) is 0 Å². The Labute approximate surface area is 82.4 Å². The first kappa shape index (κ1) is 9.06. The van der Waals surface area contributed by atoms with Crippen molar-refractivity contribution in [2.24, 2.45) is 0 Å². The lowest BCUT2D eigenvalue weighted by Gasteiger charge is -2.27. The topological polar surface area (TPSA) is 21.3 Å². The molecule has 1 unspecified atom stereocenters. The monoisotopic (exact) mass is 193 g/mol. The molecular weight excluding hydrogens is 181 g/mol. The predicted molar refractivity (Wildman–Crippen MR) is 54.1 cm³/mol. The van der Waals surface area contributed by atoms with E-state index in [9.17, 15) is 4.39 Å². The zero-order valence-electron chi connectivity index (χ0n) is 8.01. The Morgan fingerprint density at radius 3 is 3.14 bits per heavy atom. The van der Waals surface area contributed by atoms with Crippen molar-refractivity contribution in [3.05, 3.63) is 36.2 Å². The van der Waals surface area contributed by atoms with Gasteiger partial charge in [0.25, 0.3) is 0 Å². The summed E-state index contributed by atoms with van der Waals surface area (Å²) in [5.74, 6) is 0.293. The summed E-state index contributed by atoms with van der Waals surface area (Å²) in [5.41, 5.74) is 1.84. The minimum Gasteiger partial charge on any atom is -0.489 e. The molecule has 74 valence electrons. The number of ether oxygens (including phenoxy) is 1. The van der Waals surface area contributed by atoms with Crippen LogP contribution in [-0.4, -0.2) is 12.6 Å². The zero-order valence-corrected chi connectivity index (χ0v) is 8.01. The molecule has 2 nitrogen and oxygen atoms in total. The van der Waals surface area contributed by atoms with E-state index in [1.807, 2.05) is 6.92 Å². The van der Waals surface area contributed by atoms with Gasteiger partial charge in [-0.3, -0.25) is 0 Å². The lowest BCUT2D eigenvalue weighted by atomic mass is 10.1. The van der Waals surface area contributed by atoms with Gasteiger partial charge in [-0.2, -0.15) is 0 Å². The average Bonchev–Trinajstić information content (AvgIpc) is 2.16. The van der Waals surface area contributed by atoms with Gasteiger partial charge in [0.1, 0.15) is 18.2 Å². The summed E-state index contributed by atoms with van der Waals surface area (Å²) in [5, 5.41) is 3.23. The Kier molecular flexibility index (Phi) is 2.15. The van der Waals surface area contributed by atoms with Gasteiger partial charge in [0.2, 0.25) is 0 Å². The molecule has 1 aliphatic heterocycles. The second-order valence-electron chi connectivity index (χ2n) is 3.49. The molecule has 0 fully saturated rings. The summed E-state index contributed by atoms with van der Waals surface area (Å²) in [6.07, 6.45) is 0. The smallest absolute Gasteiger partial charge is 0.145 e. The van der Waals surface area contributed by atoms with E-state index in [2.05, 4.69) is 11.9 Å². The SMILES string of the molecule is C=C(C)C1COc2cc(F)ccc2N1. The molecule has 1 atom stereocenters. The minimum absolute atomic E-state index is 0.118. The third kappa shape index (κ3) is 1.58. The van der Waals surface area contributed by atoms with Crippen molar-refractivity contribution < 1.29 is 9.13 Å². The molecule has 1 N–H and O–H groups in total. The third-order valence-electron chi connectivity index (χ3n) is 2.27. The molecule has 1 aromatic carbocycles. The molecule has 1 aliphatic rings. The van der Waals surface area contributed by atoms with E-state index in [1.165, 1.54) is 12.1 Å². The largest absolute Gasteiger partial charge is 0.489 e. The maximum Gasteiger partial charge on any atom is 0.145 e. The van der Waals surface area contributed by atoms with Crippen molar-refractivity contribution in [2.75, 3.05) is 11.9 Å². The van der Waals surface area contributed by atoms with Gasteiger partial charge in [0.15, 0.2) is 0 Å². The van der Waals surface area contributed by atoms with Crippen LogP contribution in [0.5, 0.6) is 5.75 Å². The average molecular weight is 193 g/mol. The van der Waals surface area contributed by atoms with Crippen molar-refractivity contribution in [2.45, 2.75) is 13.0 Å².